The van der Waals surface area contributed by atoms with Crippen LogP contribution in [0.5, 0.6) is 0 Å². The molecule has 2 saturated carbocycles. The van der Waals surface area contributed by atoms with Crippen molar-refractivity contribution in [3.8, 4) is 0 Å². The van der Waals surface area contributed by atoms with Crippen molar-refractivity contribution in [1.82, 2.24) is 10.2 Å². The van der Waals surface area contributed by atoms with E-state index in [0.29, 0.717) is 12.5 Å². The summed E-state index contributed by atoms with van der Waals surface area (Å²) in [4.78, 5) is 25.0. The minimum absolute atomic E-state index is 0.0226. The third-order valence-corrected chi connectivity index (χ3v) is 3.64. The van der Waals surface area contributed by atoms with Crippen molar-refractivity contribution >= 4 is 11.8 Å². The molecule has 0 aromatic heterocycles. The van der Waals surface area contributed by atoms with E-state index in [1.807, 2.05) is 0 Å². The molecular weight excluding hydrogens is 192 g/mol. The van der Waals surface area contributed by atoms with E-state index in [1.54, 1.807) is 0 Å². The van der Waals surface area contributed by atoms with Crippen LogP contribution in [0.3, 0.4) is 0 Å². The van der Waals surface area contributed by atoms with Gasteiger partial charge in [-0.2, -0.15) is 0 Å². The van der Waals surface area contributed by atoms with Gasteiger partial charge in [-0.1, -0.05) is 6.42 Å². The molecule has 3 fully saturated rings. The van der Waals surface area contributed by atoms with Gasteiger partial charge in [-0.05, 0) is 25.7 Å². The molecule has 3 aliphatic rings. The van der Waals surface area contributed by atoms with Crippen molar-refractivity contribution in [2.45, 2.75) is 56.7 Å². The van der Waals surface area contributed by atoms with Crippen LogP contribution in [0, 0.1) is 0 Å². The summed E-state index contributed by atoms with van der Waals surface area (Å²) in [6.07, 6.45) is 5.95. The zero-order valence-electron chi connectivity index (χ0n) is 8.74. The van der Waals surface area contributed by atoms with E-state index in [9.17, 15) is 9.59 Å². The van der Waals surface area contributed by atoms with Gasteiger partial charge in [-0.15, -0.1) is 0 Å². The largest absolute Gasteiger partial charge is 0.303 e. The Bertz CT molecular complexity index is 308. The monoisotopic (exact) mass is 208 g/mol. The van der Waals surface area contributed by atoms with Crippen LogP contribution in [0.1, 0.15) is 38.5 Å². The Balaban J connectivity index is 1.65. The first-order chi connectivity index (χ1) is 7.25. The van der Waals surface area contributed by atoms with Crippen LogP contribution in [0.2, 0.25) is 0 Å². The first-order valence-electron chi connectivity index (χ1n) is 5.87. The summed E-state index contributed by atoms with van der Waals surface area (Å²) >= 11 is 0. The van der Waals surface area contributed by atoms with Gasteiger partial charge in [0.1, 0.15) is 0 Å². The fourth-order valence-electron chi connectivity index (χ4n) is 2.36. The average Bonchev–Trinajstić information content (AvgIpc) is 2.89. The smallest absolute Gasteiger partial charge is 0.247 e. The number of hydrogen-bond acceptors (Lipinski definition) is 3. The summed E-state index contributed by atoms with van der Waals surface area (Å²) < 4.78 is 0. The molecule has 1 N–H and O–H groups in total. The van der Waals surface area contributed by atoms with Gasteiger partial charge in [0, 0.05) is 12.1 Å². The molecule has 82 valence electrons. The predicted molar refractivity (Wildman–Crippen MR) is 54.1 cm³/mol. The van der Waals surface area contributed by atoms with Crippen LogP contribution in [0.4, 0.5) is 0 Å². The van der Waals surface area contributed by atoms with Crippen molar-refractivity contribution in [2.75, 3.05) is 0 Å². The van der Waals surface area contributed by atoms with Crippen LogP contribution < -0.4 is 5.32 Å². The number of carbonyl (C=O) groups excluding carboxylic acids is 2. The number of rotatable bonds is 3. The quantitative estimate of drug-likeness (QED) is 0.684. The van der Waals surface area contributed by atoms with E-state index in [1.165, 1.54) is 11.3 Å². The molecule has 3 rings (SSSR count). The third kappa shape index (κ3) is 1.57. The highest BCUT2D eigenvalue weighted by Gasteiger charge is 2.46. The van der Waals surface area contributed by atoms with E-state index in [4.69, 9.17) is 0 Å². The van der Waals surface area contributed by atoms with Crippen LogP contribution in [0.25, 0.3) is 0 Å². The van der Waals surface area contributed by atoms with Crippen LogP contribution in [-0.4, -0.2) is 34.8 Å². The molecule has 2 amide bonds. The maximum atomic E-state index is 11.9. The minimum Gasteiger partial charge on any atom is -0.303 e. The number of nitrogens with one attached hydrogen (secondary N) is 1. The van der Waals surface area contributed by atoms with Gasteiger partial charge in [-0.3, -0.25) is 14.5 Å². The summed E-state index contributed by atoms with van der Waals surface area (Å²) in [6.45, 7) is 0. The lowest BCUT2D eigenvalue weighted by Crippen LogP contribution is -2.46. The SMILES string of the molecule is O=C1CC(NC2CCC2)C(=O)N1C1CC1. The second-order valence-corrected chi connectivity index (χ2v) is 4.88. The number of imide groups is 1. The zero-order chi connectivity index (χ0) is 10.4. The lowest BCUT2D eigenvalue weighted by atomic mass is 9.92. The highest BCUT2D eigenvalue weighted by molar-refractivity contribution is 6.06. The molecule has 15 heavy (non-hydrogen) atoms. The molecule has 1 heterocycles. The van der Waals surface area contributed by atoms with Gasteiger partial charge in [0.05, 0.1) is 12.5 Å². The van der Waals surface area contributed by atoms with Crippen molar-refractivity contribution in [3.63, 3.8) is 0 Å². The van der Waals surface area contributed by atoms with E-state index in [2.05, 4.69) is 5.32 Å². The molecule has 0 bridgehead atoms. The molecular formula is C11H16N2O2. The van der Waals surface area contributed by atoms with E-state index < -0.39 is 0 Å². The summed E-state index contributed by atoms with van der Waals surface area (Å²) in [7, 11) is 0. The van der Waals surface area contributed by atoms with Crippen LogP contribution in [-0.2, 0) is 9.59 Å². The Morgan fingerprint density at radius 1 is 1.13 bits per heavy atom. The van der Waals surface area contributed by atoms with Gasteiger partial charge in [-0.25, -0.2) is 0 Å². The molecule has 0 spiro atoms. The first kappa shape index (κ1) is 9.33. The van der Waals surface area contributed by atoms with Gasteiger partial charge >= 0.3 is 0 Å². The molecule has 4 heteroatoms. The molecule has 1 unspecified atom stereocenters. The normalized spacial score (nSPS) is 32.3. The minimum atomic E-state index is -0.219. The topological polar surface area (TPSA) is 49.4 Å². The average molecular weight is 208 g/mol. The standard InChI is InChI=1S/C11H16N2O2/c14-10-6-9(12-7-2-1-3-7)11(15)13(10)8-4-5-8/h7-9,12H,1-6H2. The number of likely N-dealkylation sites (tertiary alicyclic amines) is 1. The lowest BCUT2D eigenvalue weighted by molar-refractivity contribution is -0.139. The Morgan fingerprint density at radius 3 is 2.40 bits per heavy atom. The Kier molecular flexibility index (Phi) is 2.06. The van der Waals surface area contributed by atoms with Crippen LogP contribution in [0.15, 0.2) is 0 Å². The molecule has 4 nitrogen and oxygen atoms in total. The van der Waals surface area contributed by atoms with Gasteiger partial charge in [0.25, 0.3) is 0 Å². The Labute approximate surface area is 89.0 Å². The lowest BCUT2D eigenvalue weighted by Gasteiger charge is -2.28. The highest BCUT2D eigenvalue weighted by atomic mass is 16.2. The second-order valence-electron chi connectivity index (χ2n) is 4.88. The van der Waals surface area contributed by atoms with E-state index in [0.717, 1.165) is 25.7 Å². The molecule has 2 aliphatic carbocycles. The summed E-state index contributed by atoms with van der Waals surface area (Å²) in [6, 6.07) is 0.493. The Morgan fingerprint density at radius 2 is 1.87 bits per heavy atom. The maximum absolute atomic E-state index is 11.9. The number of hydrogen-bond donors (Lipinski definition) is 1. The molecule has 1 atom stereocenters. The fraction of sp³-hybridized carbons (Fsp3) is 0.818. The molecule has 0 radical (unpaired) electrons. The predicted octanol–water partition coefficient (Wildman–Crippen LogP) is 0.418. The van der Waals surface area contributed by atoms with Gasteiger partial charge < -0.3 is 5.32 Å². The summed E-state index contributed by atoms with van der Waals surface area (Å²) in [5.74, 6) is 0.0497. The number of amides is 2. The molecule has 1 saturated heterocycles. The molecule has 1 aliphatic heterocycles. The molecule has 0 aromatic rings. The van der Waals surface area contributed by atoms with E-state index in [-0.39, 0.29) is 23.9 Å². The molecule has 0 aromatic carbocycles. The summed E-state index contributed by atoms with van der Waals surface area (Å²) in [5.41, 5.74) is 0. The number of nitrogens with zero attached hydrogens (tertiary/aromatic N) is 1. The maximum Gasteiger partial charge on any atom is 0.247 e. The van der Waals surface area contributed by atoms with Crippen molar-refractivity contribution < 1.29 is 9.59 Å². The van der Waals surface area contributed by atoms with Crippen molar-refractivity contribution in [2.24, 2.45) is 0 Å². The van der Waals surface area contributed by atoms with Crippen molar-refractivity contribution in [1.29, 1.82) is 0 Å². The Hall–Kier alpha value is -0.900. The zero-order valence-corrected chi connectivity index (χ0v) is 8.74. The van der Waals surface area contributed by atoms with E-state index >= 15 is 0 Å². The fourth-order valence-corrected chi connectivity index (χ4v) is 2.36. The number of carbonyl (C=O) groups is 2. The van der Waals surface area contributed by atoms with Gasteiger partial charge in [0.2, 0.25) is 11.8 Å². The highest BCUT2D eigenvalue weighted by Crippen LogP contribution is 2.32. The summed E-state index contributed by atoms with van der Waals surface area (Å²) in [5, 5.41) is 3.30. The van der Waals surface area contributed by atoms with Crippen LogP contribution >= 0.6 is 0 Å². The second kappa shape index (κ2) is 3.30. The van der Waals surface area contributed by atoms with Gasteiger partial charge in [0.15, 0.2) is 0 Å². The van der Waals surface area contributed by atoms with Crippen molar-refractivity contribution in [3.05, 3.63) is 0 Å². The third-order valence-electron chi connectivity index (χ3n) is 3.64. The first-order valence-corrected chi connectivity index (χ1v) is 5.87.